The number of benzene rings is 3. The Bertz CT molecular complexity index is 1290. The molecule has 0 aromatic heterocycles. The molecule has 5 N–H and O–H groups in total. The molecule has 0 aliphatic rings. The van der Waals surface area contributed by atoms with Gasteiger partial charge in [-0.3, -0.25) is 24.7 Å². The van der Waals surface area contributed by atoms with Crippen molar-refractivity contribution in [1.29, 1.82) is 0 Å². The van der Waals surface area contributed by atoms with Gasteiger partial charge >= 0.3 is 0 Å². The second-order valence-electron chi connectivity index (χ2n) is 8.71. The lowest BCUT2D eigenvalue weighted by molar-refractivity contribution is -0.120. The smallest absolute Gasteiger partial charge is 0.224 e. The van der Waals surface area contributed by atoms with Crippen LogP contribution in [0.25, 0.3) is 0 Å². The van der Waals surface area contributed by atoms with E-state index in [1.54, 1.807) is 12.1 Å². The number of carbonyl (C=O) groups is 3. The summed E-state index contributed by atoms with van der Waals surface area (Å²) in [5.41, 5.74) is 4.57. The molecule has 2 amide bonds. The van der Waals surface area contributed by atoms with Crippen molar-refractivity contribution < 1.29 is 24.7 Å². The number of phenolic OH excluding ortho intramolecular Hbond substituents is 1. The first kappa shape index (κ1) is 27.9. The number of rotatable bonds is 14. The van der Waals surface area contributed by atoms with E-state index in [-0.39, 0.29) is 36.1 Å². The molecule has 0 heterocycles. The van der Waals surface area contributed by atoms with E-state index in [2.05, 4.69) is 22.5 Å². The van der Waals surface area contributed by atoms with Crippen molar-refractivity contribution in [3.8, 4) is 5.75 Å². The topological polar surface area (TPSA) is 131 Å². The van der Waals surface area contributed by atoms with Gasteiger partial charge in [-0.2, -0.15) is 0 Å². The van der Waals surface area contributed by atoms with Gasteiger partial charge in [0.1, 0.15) is 5.75 Å². The third kappa shape index (κ3) is 8.21. The lowest BCUT2D eigenvalue weighted by atomic mass is 10.0. The minimum absolute atomic E-state index is 0.00198. The molecule has 0 unspecified atom stereocenters. The van der Waals surface area contributed by atoms with Crippen LogP contribution in [0.4, 0.5) is 11.4 Å². The van der Waals surface area contributed by atoms with Gasteiger partial charge in [-0.1, -0.05) is 43.0 Å². The molecule has 0 aliphatic carbocycles. The number of phenols is 1. The van der Waals surface area contributed by atoms with Crippen LogP contribution in [0.2, 0.25) is 0 Å². The summed E-state index contributed by atoms with van der Waals surface area (Å²) in [6.45, 7) is 6.72. The maximum Gasteiger partial charge on any atom is 0.224 e. The normalized spacial score (nSPS) is 10.4. The molecule has 0 atom stereocenters. The monoisotopic (exact) mass is 516 g/mol. The molecule has 3 rings (SSSR count). The van der Waals surface area contributed by atoms with E-state index in [1.165, 1.54) is 18.2 Å². The summed E-state index contributed by atoms with van der Waals surface area (Å²) in [6.07, 6.45) is 1.13. The molecular weight excluding hydrogens is 484 g/mol. The second-order valence-corrected chi connectivity index (χ2v) is 8.71. The molecule has 0 saturated carbocycles. The number of allylic oxidation sites excluding steroid dienone is 1. The van der Waals surface area contributed by atoms with Gasteiger partial charge in [0, 0.05) is 30.8 Å². The Morgan fingerprint density at radius 3 is 2.34 bits per heavy atom. The third-order valence-corrected chi connectivity index (χ3v) is 5.83. The number of aromatic hydroxyl groups is 1. The Morgan fingerprint density at radius 1 is 0.947 bits per heavy atom. The predicted octanol–water partition coefficient (Wildman–Crippen LogP) is 3.56. The van der Waals surface area contributed by atoms with Gasteiger partial charge in [-0.05, 0) is 53.9 Å². The largest absolute Gasteiger partial charge is 0.506 e. The molecule has 9 heteroatoms. The quantitative estimate of drug-likeness (QED) is 0.0958. The summed E-state index contributed by atoms with van der Waals surface area (Å²) in [7, 11) is 0. The van der Waals surface area contributed by atoms with Gasteiger partial charge in [-0.15, -0.1) is 0 Å². The van der Waals surface area contributed by atoms with Crippen molar-refractivity contribution in [2.45, 2.75) is 26.3 Å². The van der Waals surface area contributed by atoms with E-state index in [9.17, 15) is 24.7 Å². The first-order chi connectivity index (χ1) is 18.3. The van der Waals surface area contributed by atoms with E-state index in [4.69, 9.17) is 0 Å². The fourth-order valence-corrected chi connectivity index (χ4v) is 3.77. The van der Waals surface area contributed by atoms with Crippen LogP contribution in [0.1, 0.15) is 34.0 Å². The summed E-state index contributed by atoms with van der Waals surface area (Å²) in [6, 6.07) is 19.2. The molecular formula is C29H32N4O5. The zero-order valence-corrected chi connectivity index (χ0v) is 21.2. The molecule has 0 aliphatic heterocycles. The number of amides is 2. The van der Waals surface area contributed by atoms with Crippen molar-refractivity contribution in [1.82, 2.24) is 10.6 Å². The van der Waals surface area contributed by atoms with E-state index in [0.29, 0.717) is 42.9 Å². The highest BCUT2D eigenvalue weighted by Gasteiger charge is 2.11. The molecule has 3 aromatic carbocycles. The van der Waals surface area contributed by atoms with Crippen LogP contribution in [0.5, 0.6) is 5.75 Å². The van der Waals surface area contributed by atoms with Gasteiger partial charge in [0.25, 0.3) is 0 Å². The van der Waals surface area contributed by atoms with Crippen molar-refractivity contribution in [3.05, 3.63) is 101 Å². The number of carbonyl (C=O) groups excluding carboxylic acids is 3. The van der Waals surface area contributed by atoms with Crippen LogP contribution in [0.15, 0.2) is 79.0 Å². The van der Waals surface area contributed by atoms with Gasteiger partial charge in [0.05, 0.1) is 24.3 Å². The van der Waals surface area contributed by atoms with Crippen LogP contribution in [-0.4, -0.2) is 41.5 Å². The minimum atomic E-state index is -0.223. The Kier molecular flexibility index (Phi) is 10.0. The highest BCUT2D eigenvalue weighted by molar-refractivity contribution is 5.99. The Labute approximate surface area is 221 Å². The number of hydroxylamine groups is 1. The number of nitrogens with zero attached hydrogens (tertiary/aromatic N) is 1. The van der Waals surface area contributed by atoms with E-state index in [0.717, 1.165) is 21.8 Å². The number of hydrogen-bond donors (Lipinski definition) is 5. The molecule has 0 bridgehead atoms. The van der Waals surface area contributed by atoms with E-state index < -0.39 is 0 Å². The third-order valence-electron chi connectivity index (χ3n) is 5.83. The first-order valence-corrected chi connectivity index (χ1v) is 12.2. The van der Waals surface area contributed by atoms with Crippen molar-refractivity contribution in [2.24, 2.45) is 0 Å². The molecule has 0 fully saturated rings. The molecule has 9 nitrogen and oxygen atoms in total. The average Bonchev–Trinajstić information content (AvgIpc) is 2.92. The molecule has 0 saturated heterocycles. The molecule has 38 heavy (non-hydrogen) atoms. The molecule has 198 valence electrons. The summed E-state index contributed by atoms with van der Waals surface area (Å²) >= 11 is 0. The first-order valence-electron chi connectivity index (χ1n) is 12.2. The highest BCUT2D eigenvalue weighted by atomic mass is 16.5. The Morgan fingerprint density at radius 2 is 1.66 bits per heavy atom. The summed E-state index contributed by atoms with van der Waals surface area (Å²) < 4.78 is 0. The molecule has 0 spiro atoms. The fraction of sp³-hybridized carbons (Fsp3) is 0.207. The number of ketones is 1. The predicted molar refractivity (Wildman–Crippen MR) is 146 cm³/mol. The van der Waals surface area contributed by atoms with Crippen LogP contribution in [-0.2, 0) is 29.0 Å². The second kappa shape index (κ2) is 13.6. The van der Waals surface area contributed by atoms with Gasteiger partial charge in [0.15, 0.2) is 5.78 Å². The number of Topliss-reactive ketones (excluding diaryl/α,β-unsaturated/α-hetero) is 1. The maximum atomic E-state index is 12.5. The number of nitrogens with one attached hydrogen (secondary N) is 3. The highest BCUT2D eigenvalue weighted by Crippen LogP contribution is 2.23. The van der Waals surface area contributed by atoms with Crippen LogP contribution < -0.4 is 21.0 Å². The number of hydrogen-bond acceptors (Lipinski definition) is 7. The Hall–Kier alpha value is -4.63. The number of anilines is 2. The van der Waals surface area contributed by atoms with Crippen LogP contribution in [0, 0.1) is 0 Å². The summed E-state index contributed by atoms with van der Waals surface area (Å²) in [5.74, 6) is -0.456. The average molecular weight is 517 g/mol. The van der Waals surface area contributed by atoms with Crippen LogP contribution in [0.3, 0.4) is 0 Å². The zero-order chi connectivity index (χ0) is 27.5. The molecule has 0 radical (unpaired) electrons. The van der Waals surface area contributed by atoms with Gasteiger partial charge in [0.2, 0.25) is 12.3 Å². The van der Waals surface area contributed by atoms with Crippen molar-refractivity contribution >= 4 is 29.5 Å². The SMILES string of the molecule is C=C(Cc1cccc(CC(=O)NCc2ccc(N(O)CC)cc2)c1)NCC(=O)c1ccc(O)c(NC=O)c1. The lowest BCUT2D eigenvalue weighted by Crippen LogP contribution is -2.25. The van der Waals surface area contributed by atoms with E-state index in [1.807, 2.05) is 43.3 Å². The lowest BCUT2D eigenvalue weighted by Gasteiger charge is -2.14. The standard InChI is InChI=1S/C29H32N4O5/c1-3-33(38)25-10-7-21(8-11-25)17-31-29(37)15-23-6-4-5-22(14-23)13-20(2)30-18-28(36)24-9-12-27(35)26(16-24)32-19-34/h4-12,14,16,19,30,35,38H,2-3,13,15,17-18H2,1H3,(H,31,37)(H,32,34). The maximum absolute atomic E-state index is 12.5. The summed E-state index contributed by atoms with van der Waals surface area (Å²) in [5, 5.41) is 28.9. The zero-order valence-electron chi connectivity index (χ0n) is 21.2. The van der Waals surface area contributed by atoms with Crippen molar-refractivity contribution in [3.63, 3.8) is 0 Å². The minimum Gasteiger partial charge on any atom is -0.506 e. The molecule has 3 aromatic rings. The van der Waals surface area contributed by atoms with E-state index >= 15 is 0 Å². The Balaban J connectivity index is 1.47. The van der Waals surface area contributed by atoms with Gasteiger partial charge in [-0.25, -0.2) is 0 Å². The van der Waals surface area contributed by atoms with Crippen LogP contribution >= 0.6 is 0 Å². The van der Waals surface area contributed by atoms with Crippen molar-refractivity contribution in [2.75, 3.05) is 23.5 Å². The summed E-state index contributed by atoms with van der Waals surface area (Å²) in [4.78, 5) is 35.6. The van der Waals surface area contributed by atoms with Gasteiger partial charge < -0.3 is 21.1 Å². The fourth-order valence-electron chi connectivity index (χ4n) is 3.77.